The van der Waals surface area contributed by atoms with Gasteiger partial charge < -0.3 is 19.8 Å². The van der Waals surface area contributed by atoms with Crippen LogP contribution < -0.4 is 4.74 Å². The average molecular weight is 458 g/mol. The smallest absolute Gasteiger partial charge is 0.328 e. The maximum atomic E-state index is 9.55. The van der Waals surface area contributed by atoms with Gasteiger partial charge in [0.2, 0.25) is 0 Å². The zero-order valence-corrected chi connectivity index (χ0v) is 18.9. The van der Waals surface area contributed by atoms with Crippen molar-refractivity contribution in [2.24, 2.45) is 17.8 Å². The lowest BCUT2D eigenvalue weighted by Gasteiger charge is -2.44. The minimum absolute atomic E-state index is 0.557. The molecule has 8 heteroatoms. The van der Waals surface area contributed by atoms with Gasteiger partial charge in [0.15, 0.2) is 0 Å². The molecular formula is C22H29Cl2NO5. The minimum Gasteiger partial charge on any atom is -0.493 e. The summed E-state index contributed by atoms with van der Waals surface area (Å²) in [5, 5.41) is 16.8. The molecule has 2 aliphatic heterocycles. The number of carboxylic acids is 2. The normalized spacial score (nSPS) is 25.8. The van der Waals surface area contributed by atoms with Crippen LogP contribution in [-0.4, -0.2) is 52.8 Å². The van der Waals surface area contributed by atoms with Crippen LogP contribution in [0.2, 0.25) is 10.0 Å². The van der Waals surface area contributed by atoms with Gasteiger partial charge in [0.05, 0.1) is 16.7 Å². The average Bonchev–Trinajstić information content (AvgIpc) is 2.91. The van der Waals surface area contributed by atoms with E-state index in [0.717, 1.165) is 24.3 Å². The van der Waals surface area contributed by atoms with Gasteiger partial charge >= 0.3 is 11.9 Å². The van der Waals surface area contributed by atoms with Crippen LogP contribution in [0.15, 0.2) is 30.4 Å². The van der Waals surface area contributed by atoms with E-state index < -0.39 is 11.9 Å². The fourth-order valence-corrected chi connectivity index (χ4v) is 4.81. The molecule has 3 rings (SSSR count). The van der Waals surface area contributed by atoms with Crippen molar-refractivity contribution in [1.29, 1.82) is 0 Å². The molecule has 0 aromatic heterocycles. The third-order valence-electron chi connectivity index (χ3n) is 6.04. The van der Waals surface area contributed by atoms with Crippen molar-refractivity contribution in [3.8, 4) is 5.75 Å². The Kier molecular flexibility index (Phi) is 9.01. The van der Waals surface area contributed by atoms with Crippen molar-refractivity contribution < 1.29 is 24.5 Å². The number of hydrogen-bond donors (Lipinski definition) is 2. The van der Waals surface area contributed by atoms with E-state index in [1.54, 1.807) is 6.07 Å². The number of rotatable bonds is 6. The fourth-order valence-electron chi connectivity index (χ4n) is 4.52. The molecule has 1 aromatic carbocycles. The van der Waals surface area contributed by atoms with Gasteiger partial charge in [0, 0.05) is 36.2 Å². The lowest BCUT2D eigenvalue weighted by Crippen LogP contribution is -2.49. The zero-order chi connectivity index (χ0) is 22.4. The summed E-state index contributed by atoms with van der Waals surface area (Å²) in [5.41, 5.74) is 0. The first-order valence-corrected chi connectivity index (χ1v) is 10.8. The number of carbonyl (C=O) groups is 2. The predicted molar refractivity (Wildman–Crippen MR) is 117 cm³/mol. The molecule has 0 amide bonds. The molecule has 2 aliphatic rings. The summed E-state index contributed by atoms with van der Waals surface area (Å²) >= 11 is 12.1. The first-order chi connectivity index (χ1) is 14.1. The second-order valence-electron chi connectivity index (χ2n) is 8.17. The van der Waals surface area contributed by atoms with E-state index in [1.165, 1.54) is 19.3 Å². The standard InChI is InChI=1S/C18H25Cl2NO.C4H4O4/c1-11(2)14-8-12-4-7-18(21(12)3)15(14)10-22-13-5-6-16(19)17(20)9-13;5-3(6)1-2-4(7)8/h5-6,9,11-12,14-15,18H,4,7-8,10H2,1-3H3;1-2H,(H,5,6)(H,7,8)/b;2-1+/t12?,14-,15+,18?;/m0./s1. The van der Waals surface area contributed by atoms with Crippen LogP contribution in [0.25, 0.3) is 0 Å². The fraction of sp³-hybridized carbons (Fsp3) is 0.545. The molecule has 2 bridgehead atoms. The lowest BCUT2D eigenvalue weighted by atomic mass is 9.74. The topological polar surface area (TPSA) is 87.1 Å². The summed E-state index contributed by atoms with van der Waals surface area (Å²) in [6.07, 6.45) is 5.07. The Balaban J connectivity index is 0.000000343. The molecular weight excluding hydrogens is 429 g/mol. The number of hydrogen-bond acceptors (Lipinski definition) is 4. The minimum atomic E-state index is -1.26. The molecule has 0 spiro atoms. The molecule has 2 unspecified atom stereocenters. The molecule has 2 N–H and O–H groups in total. The Morgan fingerprint density at radius 2 is 1.80 bits per heavy atom. The number of nitrogens with zero attached hydrogens (tertiary/aromatic N) is 1. The van der Waals surface area contributed by atoms with Crippen molar-refractivity contribution in [3.05, 3.63) is 40.4 Å². The highest BCUT2D eigenvalue weighted by Gasteiger charge is 2.46. The van der Waals surface area contributed by atoms with Gasteiger partial charge in [0.1, 0.15) is 5.75 Å². The Bertz CT molecular complexity index is 767. The Morgan fingerprint density at radius 1 is 1.17 bits per heavy atom. The summed E-state index contributed by atoms with van der Waals surface area (Å²) in [4.78, 5) is 21.7. The first kappa shape index (κ1) is 24.5. The Hall–Kier alpha value is -1.76. The van der Waals surface area contributed by atoms with Gasteiger partial charge in [-0.15, -0.1) is 0 Å². The van der Waals surface area contributed by atoms with Crippen LogP contribution in [0, 0.1) is 17.8 Å². The van der Waals surface area contributed by atoms with E-state index in [0.29, 0.717) is 40.1 Å². The number of piperidine rings is 1. The van der Waals surface area contributed by atoms with Crippen molar-refractivity contribution in [2.45, 2.75) is 45.2 Å². The number of halogens is 2. The van der Waals surface area contributed by atoms with E-state index in [4.69, 9.17) is 38.2 Å². The number of aliphatic carboxylic acids is 2. The molecule has 2 heterocycles. The zero-order valence-electron chi connectivity index (χ0n) is 17.4. The molecule has 6 nitrogen and oxygen atoms in total. The summed E-state index contributed by atoms with van der Waals surface area (Å²) < 4.78 is 6.09. The van der Waals surface area contributed by atoms with Crippen LogP contribution >= 0.6 is 23.2 Å². The quantitative estimate of drug-likeness (QED) is 0.594. The predicted octanol–water partition coefficient (Wildman–Crippen LogP) is 4.84. The largest absolute Gasteiger partial charge is 0.493 e. The maximum absolute atomic E-state index is 9.55. The molecule has 0 saturated carbocycles. The molecule has 2 saturated heterocycles. The Morgan fingerprint density at radius 3 is 2.33 bits per heavy atom. The highest BCUT2D eigenvalue weighted by atomic mass is 35.5. The van der Waals surface area contributed by atoms with E-state index >= 15 is 0 Å². The molecule has 0 aliphatic carbocycles. The van der Waals surface area contributed by atoms with E-state index in [9.17, 15) is 9.59 Å². The Labute approximate surface area is 187 Å². The monoisotopic (exact) mass is 457 g/mol. The highest BCUT2D eigenvalue weighted by Crippen LogP contribution is 2.44. The van der Waals surface area contributed by atoms with Gasteiger partial charge in [-0.3, -0.25) is 0 Å². The summed E-state index contributed by atoms with van der Waals surface area (Å²) in [6.45, 7) is 5.46. The van der Waals surface area contributed by atoms with Gasteiger partial charge in [-0.05, 0) is 50.3 Å². The second-order valence-corrected chi connectivity index (χ2v) is 8.98. The van der Waals surface area contributed by atoms with Crippen LogP contribution in [-0.2, 0) is 9.59 Å². The van der Waals surface area contributed by atoms with Crippen molar-refractivity contribution in [3.63, 3.8) is 0 Å². The number of ether oxygens (including phenoxy) is 1. The SMILES string of the molecule is CC(C)[C@@H]1CC2CCC([C@@H]1COc1ccc(Cl)c(Cl)c1)N2C.O=C(O)/C=C/C(=O)O. The third-order valence-corrected chi connectivity index (χ3v) is 6.78. The van der Waals surface area contributed by atoms with Crippen LogP contribution in [0.1, 0.15) is 33.1 Å². The molecule has 166 valence electrons. The molecule has 0 radical (unpaired) electrons. The third kappa shape index (κ3) is 6.62. The number of benzene rings is 1. The van der Waals surface area contributed by atoms with Gasteiger partial charge in [-0.25, -0.2) is 9.59 Å². The van der Waals surface area contributed by atoms with Crippen molar-refractivity contribution in [2.75, 3.05) is 13.7 Å². The molecule has 2 fully saturated rings. The highest BCUT2D eigenvalue weighted by molar-refractivity contribution is 6.42. The molecule has 30 heavy (non-hydrogen) atoms. The second kappa shape index (κ2) is 11.0. The van der Waals surface area contributed by atoms with E-state index in [1.807, 2.05) is 12.1 Å². The van der Waals surface area contributed by atoms with Crippen LogP contribution in [0.5, 0.6) is 5.75 Å². The lowest BCUT2D eigenvalue weighted by molar-refractivity contribution is -0.134. The van der Waals surface area contributed by atoms with Crippen LogP contribution in [0.4, 0.5) is 0 Å². The van der Waals surface area contributed by atoms with Crippen molar-refractivity contribution >= 4 is 35.1 Å². The maximum Gasteiger partial charge on any atom is 0.328 e. The van der Waals surface area contributed by atoms with Gasteiger partial charge in [-0.2, -0.15) is 0 Å². The summed E-state index contributed by atoms with van der Waals surface area (Å²) in [7, 11) is 2.28. The number of fused-ring (bicyclic) bond motifs is 2. The van der Waals surface area contributed by atoms with Gasteiger partial charge in [0.25, 0.3) is 0 Å². The van der Waals surface area contributed by atoms with E-state index in [2.05, 4.69) is 25.8 Å². The van der Waals surface area contributed by atoms with Gasteiger partial charge in [-0.1, -0.05) is 37.0 Å². The van der Waals surface area contributed by atoms with E-state index in [-0.39, 0.29) is 0 Å². The summed E-state index contributed by atoms with van der Waals surface area (Å²) in [6, 6.07) is 6.96. The van der Waals surface area contributed by atoms with Crippen molar-refractivity contribution in [1.82, 2.24) is 4.90 Å². The summed E-state index contributed by atoms with van der Waals surface area (Å²) in [5.74, 6) is 0.355. The first-order valence-electron chi connectivity index (χ1n) is 10.0. The molecule has 1 aromatic rings. The molecule has 4 atom stereocenters. The van der Waals surface area contributed by atoms with Crippen LogP contribution in [0.3, 0.4) is 0 Å². The number of carboxylic acid groups (broad SMARTS) is 2.